The molecule has 0 spiro atoms. The van der Waals surface area contributed by atoms with E-state index in [2.05, 4.69) is 15.3 Å². The van der Waals surface area contributed by atoms with Crippen molar-refractivity contribution < 1.29 is 14.3 Å². The summed E-state index contributed by atoms with van der Waals surface area (Å²) in [6.07, 6.45) is 6.28. The van der Waals surface area contributed by atoms with E-state index in [1.165, 1.54) is 6.20 Å². The highest BCUT2D eigenvalue weighted by Crippen LogP contribution is 2.37. The topological polar surface area (TPSA) is 132 Å². The van der Waals surface area contributed by atoms with Gasteiger partial charge in [-0.2, -0.15) is 0 Å². The highest BCUT2D eigenvalue weighted by atomic mass is 19.1. The Kier molecular flexibility index (Phi) is 3.88. The fourth-order valence-electron chi connectivity index (χ4n) is 3.90. The molecule has 1 aliphatic heterocycles. The van der Waals surface area contributed by atoms with Gasteiger partial charge in [0.1, 0.15) is 11.2 Å². The first-order valence-corrected chi connectivity index (χ1v) is 9.29. The zero-order valence-corrected chi connectivity index (χ0v) is 15.3. The Morgan fingerprint density at radius 3 is 2.76 bits per heavy atom. The van der Waals surface area contributed by atoms with Gasteiger partial charge in [0.25, 0.3) is 0 Å². The van der Waals surface area contributed by atoms with Crippen LogP contribution < -0.4 is 16.1 Å². The summed E-state index contributed by atoms with van der Waals surface area (Å²) in [6.45, 7) is 0.752. The zero-order chi connectivity index (χ0) is 20.3. The fourth-order valence-corrected chi connectivity index (χ4v) is 3.90. The Hall–Kier alpha value is -3.34. The molecule has 5 rings (SSSR count). The lowest BCUT2D eigenvalue weighted by molar-refractivity contribution is 0.0695. The standard InChI is InChI=1S/C18H18FN7O3/c19-12-5-10-15(27)11(18(28)29)6-25(9-1-2-9)16(10)22-17(12)24-7-13(20)14(8-24)26-4-3-21-23-26/h3-6,9,13-14H,1-2,7-8,20H2,(H,28,29)/t13-,14+/m0/s1. The van der Waals surface area contributed by atoms with E-state index in [0.29, 0.717) is 13.1 Å². The summed E-state index contributed by atoms with van der Waals surface area (Å²) in [5, 5.41) is 17.1. The third kappa shape index (κ3) is 2.85. The average Bonchev–Trinajstić information content (AvgIpc) is 3.23. The normalized spacial score (nSPS) is 21.8. The van der Waals surface area contributed by atoms with E-state index in [-0.39, 0.29) is 40.5 Å². The number of carboxylic acids is 1. The Morgan fingerprint density at radius 1 is 1.31 bits per heavy atom. The van der Waals surface area contributed by atoms with Crippen LogP contribution in [-0.2, 0) is 0 Å². The van der Waals surface area contributed by atoms with Gasteiger partial charge in [0.2, 0.25) is 5.43 Å². The molecule has 0 unspecified atom stereocenters. The third-order valence-corrected chi connectivity index (χ3v) is 5.52. The van der Waals surface area contributed by atoms with Crippen LogP contribution in [0.5, 0.6) is 0 Å². The number of pyridine rings is 2. The third-order valence-electron chi connectivity index (χ3n) is 5.52. The smallest absolute Gasteiger partial charge is 0.341 e. The quantitative estimate of drug-likeness (QED) is 0.650. The number of hydrogen-bond donors (Lipinski definition) is 2. The van der Waals surface area contributed by atoms with Gasteiger partial charge in [0.05, 0.1) is 17.6 Å². The van der Waals surface area contributed by atoms with Gasteiger partial charge in [-0.25, -0.2) is 18.9 Å². The fraction of sp³-hybridized carbons (Fsp3) is 0.389. The summed E-state index contributed by atoms with van der Waals surface area (Å²) in [4.78, 5) is 30.2. The van der Waals surface area contributed by atoms with Gasteiger partial charge in [0.15, 0.2) is 11.6 Å². The van der Waals surface area contributed by atoms with Crippen molar-refractivity contribution in [3.8, 4) is 0 Å². The van der Waals surface area contributed by atoms with E-state index in [9.17, 15) is 19.1 Å². The van der Waals surface area contributed by atoms with E-state index in [4.69, 9.17) is 5.73 Å². The van der Waals surface area contributed by atoms with Crippen molar-refractivity contribution in [3.63, 3.8) is 0 Å². The van der Waals surface area contributed by atoms with E-state index >= 15 is 0 Å². The van der Waals surface area contributed by atoms with Crippen molar-refractivity contribution in [2.24, 2.45) is 5.73 Å². The van der Waals surface area contributed by atoms with Gasteiger partial charge in [-0.15, -0.1) is 5.10 Å². The Morgan fingerprint density at radius 2 is 2.10 bits per heavy atom. The molecule has 11 heteroatoms. The molecule has 3 aromatic rings. The van der Waals surface area contributed by atoms with Crippen molar-refractivity contribution in [1.29, 1.82) is 0 Å². The summed E-state index contributed by atoms with van der Waals surface area (Å²) in [5.74, 6) is -1.93. The molecule has 0 amide bonds. The largest absolute Gasteiger partial charge is 0.477 e. The second-order valence-electron chi connectivity index (χ2n) is 7.50. The second-order valence-corrected chi connectivity index (χ2v) is 7.50. The zero-order valence-electron chi connectivity index (χ0n) is 15.3. The molecule has 150 valence electrons. The summed E-state index contributed by atoms with van der Waals surface area (Å²) in [6, 6.07) is 0.661. The maximum absolute atomic E-state index is 15.0. The van der Waals surface area contributed by atoms with Crippen LogP contribution in [0.25, 0.3) is 11.0 Å². The minimum atomic E-state index is -1.34. The van der Waals surface area contributed by atoms with Crippen LogP contribution in [0.15, 0.2) is 29.5 Å². The molecular weight excluding hydrogens is 381 g/mol. The molecule has 3 N–H and O–H groups in total. The molecule has 0 radical (unpaired) electrons. The number of aromatic carboxylic acids is 1. The number of carbonyl (C=O) groups is 1. The van der Waals surface area contributed by atoms with Gasteiger partial charge in [-0.1, -0.05) is 5.21 Å². The first-order chi connectivity index (χ1) is 13.9. The van der Waals surface area contributed by atoms with Crippen LogP contribution in [0.3, 0.4) is 0 Å². The van der Waals surface area contributed by atoms with E-state index in [1.807, 2.05) is 0 Å². The number of fused-ring (bicyclic) bond motifs is 1. The van der Waals surface area contributed by atoms with Crippen LogP contribution in [-0.4, -0.2) is 54.8 Å². The van der Waals surface area contributed by atoms with Gasteiger partial charge < -0.3 is 20.3 Å². The molecule has 2 fully saturated rings. The monoisotopic (exact) mass is 399 g/mol. The second kappa shape index (κ2) is 6.34. The summed E-state index contributed by atoms with van der Waals surface area (Å²) in [7, 11) is 0. The Balaban J connectivity index is 1.62. The maximum Gasteiger partial charge on any atom is 0.341 e. The number of nitrogens with two attached hydrogens (primary N) is 1. The average molecular weight is 399 g/mol. The van der Waals surface area contributed by atoms with Crippen molar-refractivity contribution in [3.05, 3.63) is 46.3 Å². The molecule has 29 heavy (non-hydrogen) atoms. The summed E-state index contributed by atoms with van der Waals surface area (Å²) in [5.41, 5.74) is 5.40. The predicted molar refractivity (Wildman–Crippen MR) is 100 cm³/mol. The summed E-state index contributed by atoms with van der Waals surface area (Å²) >= 11 is 0. The molecule has 0 bridgehead atoms. The van der Waals surface area contributed by atoms with Crippen LogP contribution in [0, 0.1) is 5.82 Å². The number of rotatable bonds is 4. The van der Waals surface area contributed by atoms with E-state index < -0.39 is 17.2 Å². The summed E-state index contributed by atoms with van der Waals surface area (Å²) < 4.78 is 18.3. The Labute approximate surface area is 163 Å². The lowest BCUT2D eigenvalue weighted by Crippen LogP contribution is -2.31. The SMILES string of the molecule is N[C@H]1CN(c2nc3c(cc2F)c(=O)c(C(=O)O)cn3C2CC2)C[C@H]1n1ccnn1. The van der Waals surface area contributed by atoms with Crippen molar-refractivity contribution >= 4 is 22.8 Å². The van der Waals surface area contributed by atoms with E-state index in [0.717, 1.165) is 18.9 Å². The van der Waals surface area contributed by atoms with Gasteiger partial charge in [-0.05, 0) is 18.9 Å². The Bertz CT molecular complexity index is 1170. The lowest BCUT2D eigenvalue weighted by Gasteiger charge is -2.19. The molecule has 1 saturated heterocycles. The highest BCUT2D eigenvalue weighted by molar-refractivity contribution is 5.92. The minimum Gasteiger partial charge on any atom is -0.477 e. The molecule has 10 nitrogen and oxygen atoms in total. The van der Waals surface area contributed by atoms with Crippen LogP contribution in [0.2, 0.25) is 0 Å². The molecule has 2 aliphatic rings. The number of hydrogen-bond acceptors (Lipinski definition) is 7. The number of anilines is 1. The molecule has 0 aromatic carbocycles. The number of nitrogens with zero attached hydrogens (tertiary/aromatic N) is 6. The van der Waals surface area contributed by atoms with Crippen LogP contribution in [0.4, 0.5) is 10.2 Å². The first kappa shape index (κ1) is 17.7. The molecule has 2 atom stereocenters. The van der Waals surface area contributed by atoms with Gasteiger partial charge >= 0.3 is 5.97 Å². The van der Waals surface area contributed by atoms with Gasteiger partial charge in [0, 0.05) is 37.6 Å². The molecule has 1 aliphatic carbocycles. The molecule has 1 saturated carbocycles. The molecular formula is C18H18FN7O3. The van der Waals surface area contributed by atoms with Crippen molar-refractivity contribution in [1.82, 2.24) is 24.5 Å². The van der Waals surface area contributed by atoms with Crippen molar-refractivity contribution in [2.45, 2.75) is 31.0 Å². The lowest BCUT2D eigenvalue weighted by atomic mass is 10.2. The number of carboxylic acid groups (broad SMARTS) is 1. The van der Waals surface area contributed by atoms with Crippen molar-refractivity contribution in [2.75, 3.05) is 18.0 Å². The van der Waals surface area contributed by atoms with Crippen LogP contribution in [0.1, 0.15) is 35.3 Å². The van der Waals surface area contributed by atoms with Crippen LogP contribution >= 0.6 is 0 Å². The van der Waals surface area contributed by atoms with Gasteiger partial charge in [-0.3, -0.25) is 4.79 Å². The molecule has 3 aromatic heterocycles. The first-order valence-electron chi connectivity index (χ1n) is 9.29. The highest BCUT2D eigenvalue weighted by Gasteiger charge is 2.35. The van der Waals surface area contributed by atoms with E-state index in [1.54, 1.807) is 26.5 Å². The maximum atomic E-state index is 15.0. The predicted octanol–water partition coefficient (Wildman–Crippen LogP) is 0.549. The number of halogens is 1. The molecule has 4 heterocycles. The number of aromatic nitrogens is 5. The minimum absolute atomic E-state index is 0.0330.